The van der Waals surface area contributed by atoms with Gasteiger partial charge in [-0.15, -0.1) is 0 Å². The van der Waals surface area contributed by atoms with Gasteiger partial charge < -0.3 is 19.9 Å². The average molecular weight is 406 g/mol. The minimum atomic E-state index is -1.91. The highest BCUT2D eigenvalue weighted by Crippen LogP contribution is 2.40. The van der Waals surface area contributed by atoms with Gasteiger partial charge in [-0.1, -0.05) is 22.0 Å². The first-order valence-electron chi connectivity index (χ1n) is 7.47. The minimum absolute atomic E-state index is 0.294. The summed E-state index contributed by atoms with van der Waals surface area (Å²) >= 11 is 3.31. The molecule has 7 heteroatoms. The summed E-state index contributed by atoms with van der Waals surface area (Å²) in [5.41, 5.74) is -0.756. The maximum absolute atomic E-state index is 12.7. The Morgan fingerprint density at radius 3 is 2.40 bits per heavy atom. The Labute approximate surface area is 152 Å². The molecule has 0 bridgehead atoms. The fourth-order valence-electron chi connectivity index (χ4n) is 2.81. The number of nitrogens with one attached hydrogen (secondary N) is 1. The molecule has 0 radical (unpaired) electrons. The predicted molar refractivity (Wildman–Crippen MR) is 95.2 cm³/mol. The van der Waals surface area contributed by atoms with E-state index in [1.165, 1.54) is 14.2 Å². The van der Waals surface area contributed by atoms with E-state index in [4.69, 9.17) is 9.47 Å². The summed E-state index contributed by atoms with van der Waals surface area (Å²) < 4.78 is 11.1. The van der Waals surface area contributed by atoms with Gasteiger partial charge in [0.1, 0.15) is 11.5 Å². The van der Waals surface area contributed by atoms with Crippen LogP contribution in [-0.2, 0) is 10.4 Å². The normalized spacial score (nSPS) is 18.5. The molecule has 0 spiro atoms. The average Bonchev–Trinajstić information content (AvgIpc) is 2.84. The molecule has 25 heavy (non-hydrogen) atoms. The zero-order valence-corrected chi connectivity index (χ0v) is 15.2. The lowest BCUT2D eigenvalue weighted by molar-refractivity contribution is -0.133. The van der Waals surface area contributed by atoms with Crippen LogP contribution in [-0.4, -0.2) is 31.0 Å². The van der Waals surface area contributed by atoms with E-state index in [1.807, 2.05) is 0 Å². The van der Waals surface area contributed by atoms with Crippen molar-refractivity contribution < 1.29 is 24.2 Å². The Balaban J connectivity index is 1.95. The fraction of sp³-hybridized carbons (Fsp3) is 0.222. The van der Waals surface area contributed by atoms with E-state index in [-0.39, 0.29) is 6.42 Å². The summed E-state index contributed by atoms with van der Waals surface area (Å²) in [6, 6.07) is 9.75. The van der Waals surface area contributed by atoms with Crippen LogP contribution in [0.3, 0.4) is 0 Å². The van der Waals surface area contributed by atoms with Crippen molar-refractivity contribution in [3.63, 3.8) is 0 Å². The number of methoxy groups -OCH3 is 2. The van der Waals surface area contributed by atoms with Gasteiger partial charge in [-0.05, 0) is 24.3 Å². The number of aliphatic hydroxyl groups is 1. The second kappa shape index (κ2) is 6.50. The highest BCUT2D eigenvalue weighted by Gasteiger charge is 2.46. The fourth-order valence-corrected chi connectivity index (χ4v) is 3.17. The first-order chi connectivity index (χ1) is 11.9. The number of ketones is 1. The first kappa shape index (κ1) is 17.4. The number of benzene rings is 2. The number of hydrogen-bond acceptors (Lipinski definition) is 5. The Morgan fingerprint density at radius 2 is 1.80 bits per heavy atom. The second-order valence-corrected chi connectivity index (χ2v) is 6.62. The monoisotopic (exact) mass is 405 g/mol. The highest BCUT2D eigenvalue weighted by molar-refractivity contribution is 9.10. The third kappa shape index (κ3) is 3.12. The number of anilines is 1. The van der Waals surface area contributed by atoms with Crippen molar-refractivity contribution in [2.75, 3.05) is 19.5 Å². The molecule has 0 saturated heterocycles. The third-order valence-electron chi connectivity index (χ3n) is 4.14. The van der Waals surface area contributed by atoms with E-state index in [9.17, 15) is 14.7 Å². The summed E-state index contributed by atoms with van der Waals surface area (Å²) in [5.74, 6) is -0.112. The van der Waals surface area contributed by atoms with E-state index < -0.39 is 17.3 Å². The zero-order valence-electron chi connectivity index (χ0n) is 13.6. The zero-order chi connectivity index (χ0) is 18.2. The molecule has 1 aliphatic heterocycles. The van der Waals surface area contributed by atoms with Crippen LogP contribution in [0.4, 0.5) is 5.69 Å². The smallest absolute Gasteiger partial charge is 0.261 e. The molecule has 1 aliphatic rings. The number of ether oxygens (including phenoxy) is 2. The number of halogens is 1. The molecule has 0 fully saturated rings. The van der Waals surface area contributed by atoms with Crippen molar-refractivity contribution in [3.8, 4) is 11.5 Å². The van der Waals surface area contributed by atoms with Gasteiger partial charge in [0, 0.05) is 27.4 Å². The quantitative estimate of drug-likeness (QED) is 0.747. The maximum atomic E-state index is 12.7. The Morgan fingerprint density at radius 1 is 1.16 bits per heavy atom. The molecule has 2 aromatic carbocycles. The molecule has 1 heterocycles. The number of carbonyl (C=O) groups is 2. The van der Waals surface area contributed by atoms with Crippen LogP contribution in [0.5, 0.6) is 11.5 Å². The van der Waals surface area contributed by atoms with Crippen LogP contribution in [0.15, 0.2) is 40.9 Å². The Kier molecular flexibility index (Phi) is 4.53. The van der Waals surface area contributed by atoms with Crippen molar-refractivity contribution >= 4 is 33.3 Å². The van der Waals surface area contributed by atoms with Gasteiger partial charge in [0.05, 0.1) is 20.6 Å². The molecule has 0 aromatic heterocycles. The van der Waals surface area contributed by atoms with E-state index in [0.717, 1.165) is 4.47 Å². The van der Waals surface area contributed by atoms with Crippen LogP contribution in [0, 0.1) is 0 Å². The van der Waals surface area contributed by atoms with Gasteiger partial charge in [-0.3, -0.25) is 9.59 Å². The largest absolute Gasteiger partial charge is 0.497 e. The number of Topliss-reactive ketones (excluding diaryl/α,β-unsaturated/α-hetero) is 1. The minimum Gasteiger partial charge on any atom is -0.497 e. The van der Waals surface area contributed by atoms with Crippen LogP contribution in [0.1, 0.15) is 22.3 Å². The Bertz CT molecular complexity index is 844. The molecule has 2 aromatic rings. The van der Waals surface area contributed by atoms with E-state index in [1.54, 1.807) is 36.4 Å². The van der Waals surface area contributed by atoms with Crippen LogP contribution in [0.2, 0.25) is 0 Å². The van der Waals surface area contributed by atoms with E-state index >= 15 is 0 Å². The predicted octanol–water partition coefficient (Wildman–Crippen LogP) is 2.88. The number of rotatable bonds is 5. The summed E-state index contributed by atoms with van der Waals surface area (Å²) in [7, 11) is 2.96. The second-order valence-electron chi connectivity index (χ2n) is 5.71. The van der Waals surface area contributed by atoms with Gasteiger partial charge in [-0.25, -0.2) is 0 Å². The maximum Gasteiger partial charge on any atom is 0.261 e. The van der Waals surface area contributed by atoms with Crippen molar-refractivity contribution in [1.29, 1.82) is 0 Å². The molecule has 6 nitrogen and oxygen atoms in total. The Hall–Kier alpha value is -2.38. The molecule has 2 N–H and O–H groups in total. The van der Waals surface area contributed by atoms with Gasteiger partial charge in [0.25, 0.3) is 5.91 Å². The summed E-state index contributed by atoms with van der Waals surface area (Å²) in [6.45, 7) is 0. The lowest BCUT2D eigenvalue weighted by atomic mass is 9.88. The van der Waals surface area contributed by atoms with Crippen molar-refractivity contribution in [2.24, 2.45) is 0 Å². The highest BCUT2D eigenvalue weighted by atomic mass is 79.9. The van der Waals surface area contributed by atoms with Crippen molar-refractivity contribution in [1.82, 2.24) is 0 Å². The van der Waals surface area contributed by atoms with Gasteiger partial charge in [0.2, 0.25) is 0 Å². The van der Waals surface area contributed by atoms with E-state index in [0.29, 0.717) is 28.3 Å². The number of carbonyl (C=O) groups excluding carboxylic acids is 2. The van der Waals surface area contributed by atoms with Gasteiger partial charge in [-0.2, -0.15) is 0 Å². The van der Waals surface area contributed by atoms with Gasteiger partial charge in [0.15, 0.2) is 11.4 Å². The first-order valence-corrected chi connectivity index (χ1v) is 8.27. The molecule has 0 unspecified atom stereocenters. The molecule has 130 valence electrons. The SMILES string of the molecule is COc1cc(OC)cc(C(=O)C[C@]2(O)C(=O)Nc3cc(Br)ccc32)c1. The standard InChI is InChI=1S/C18H16BrNO5/c1-24-12-5-10(6-13(8-12)25-2)16(21)9-18(23)14-4-3-11(19)7-15(14)20-17(18)22/h3-8,23H,9H2,1-2H3,(H,20,22)/t18-/m1/s1. The molecule has 1 atom stereocenters. The summed E-state index contributed by atoms with van der Waals surface area (Å²) in [4.78, 5) is 25.0. The third-order valence-corrected chi connectivity index (χ3v) is 4.63. The number of amides is 1. The molecule has 0 saturated carbocycles. The lowest BCUT2D eigenvalue weighted by Crippen LogP contribution is -2.36. The molecule has 3 rings (SSSR count). The number of fused-ring (bicyclic) bond motifs is 1. The molecule has 0 aliphatic carbocycles. The number of hydrogen-bond donors (Lipinski definition) is 2. The molecular formula is C18H16BrNO5. The topological polar surface area (TPSA) is 84.9 Å². The van der Waals surface area contributed by atoms with Crippen molar-refractivity contribution in [2.45, 2.75) is 12.0 Å². The van der Waals surface area contributed by atoms with Crippen LogP contribution < -0.4 is 14.8 Å². The lowest BCUT2D eigenvalue weighted by Gasteiger charge is -2.20. The summed E-state index contributed by atoms with van der Waals surface area (Å²) in [6.07, 6.45) is -0.385. The van der Waals surface area contributed by atoms with Gasteiger partial charge >= 0.3 is 0 Å². The van der Waals surface area contributed by atoms with E-state index in [2.05, 4.69) is 21.2 Å². The van der Waals surface area contributed by atoms with Crippen LogP contribution >= 0.6 is 15.9 Å². The molecular weight excluding hydrogens is 390 g/mol. The van der Waals surface area contributed by atoms with Crippen LogP contribution in [0.25, 0.3) is 0 Å². The summed E-state index contributed by atoms with van der Waals surface area (Å²) in [5, 5.41) is 13.5. The van der Waals surface area contributed by atoms with Crippen molar-refractivity contribution in [3.05, 3.63) is 52.0 Å². The molecule has 1 amide bonds.